The molecule has 2 N–H and O–H groups in total. The van der Waals surface area contributed by atoms with Gasteiger partial charge in [-0.05, 0) is 25.0 Å². The minimum absolute atomic E-state index is 0. The maximum atomic E-state index is 5.77. The molecule has 0 spiro atoms. The highest BCUT2D eigenvalue weighted by atomic mass is 127. The molecule has 0 saturated heterocycles. The van der Waals surface area contributed by atoms with Gasteiger partial charge in [-0.15, -0.1) is 24.0 Å². The molecule has 0 radical (unpaired) electrons. The van der Waals surface area contributed by atoms with Crippen LogP contribution in [0.15, 0.2) is 29.3 Å². The van der Waals surface area contributed by atoms with Gasteiger partial charge in [0, 0.05) is 39.2 Å². The zero-order valence-electron chi connectivity index (χ0n) is 17.8. The van der Waals surface area contributed by atoms with E-state index >= 15 is 0 Å². The Kier molecular flexibility index (Phi) is 10.1. The second kappa shape index (κ2) is 12.6. The van der Waals surface area contributed by atoms with Gasteiger partial charge in [-0.3, -0.25) is 4.99 Å². The summed E-state index contributed by atoms with van der Waals surface area (Å²) in [4.78, 5) is 8.83. The maximum absolute atomic E-state index is 5.77. The zero-order valence-corrected chi connectivity index (χ0v) is 20.1. The van der Waals surface area contributed by atoms with Crippen LogP contribution in [0.3, 0.4) is 0 Å². The molecule has 1 atom stereocenters. The average molecular weight is 530 g/mol. The Bertz CT molecular complexity index is 814. The number of ether oxygens (including phenoxy) is 3. The van der Waals surface area contributed by atoms with Crippen molar-refractivity contribution >= 4 is 29.9 Å². The number of aliphatic imine (C=N–C) groups is 1. The maximum Gasteiger partial charge on any atom is 0.191 e. The Labute approximate surface area is 194 Å². The van der Waals surface area contributed by atoms with E-state index in [2.05, 4.69) is 25.7 Å². The van der Waals surface area contributed by atoms with Crippen LogP contribution in [0.5, 0.6) is 11.5 Å². The lowest BCUT2D eigenvalue weighted by molar-refractivity contribution is 0.177. The highest BCUT2D eigenvalue weighted by Crippen LogP contribution is 2.18. The van der Waals surface area contributed by atoms with Crippen molar-refractivity contribution in [3.05, 3.63) is 35.9 Å². The summed E-state index contributed by atoms with van der Waals surface area (Å²) in [5.74, 6) is 4.15. The Morgan fingerprint density at radius 3 is 2.90 bits per heavy atom. The molecule has 0 amide bonds. The lowest BCUT2D eigenvalue weighted by Gasteiger charge is -2.25. The summed E-state index contributed by atoms with van der Waals surface area (Å²) in [6.45, 7) is 2.60. The summed E-state index contributed by atoms with van der Waals surface area (Å²) in [6, 6.07) is 7.89. The summed E-state index contributed by atoms with van der Waals surface area (Å²) in [7, 11) is 5.08. The molecule has 1 aromatic heterocycles. The molecular weight excluding hydrogens is 499 g/mol. The molecule has 1 unspecified atom stereocenters. The molecule has 9 nitrogen and oxygen atoms in total. The summed E-state index contributed by atoms with van der Waals surface area (Å²) in [5.41, 5.74) is 0. The van der Waals surface area contributed by atoms with Gasteiger partial charge >= 0.3 is 0 Å². The highest BCUT2D eigenvalue weighted by Gasteiger charge is 2.22. The van der Waals surface area contributed by atoms with Crippen LogP contribution in [-0.4, -0.2) is 61.2 Å². The largest absolute Gasteiger partial charge is 0.497 e. The first-order valence-corrected chi connectivity index (χ1v) is 9.87. The number of hydrogen-bond acceptors (Lipinski definition) is 6. The van der Waals surface area contributed by atoms with E-state index in [0.29, 0.717) is 13.2 Å². The second-order valence-electron chi connectivity index (χ2n) is 6.82. The van der Waals surface area contributed by atoms with Gasteiger partial charge in [0.05, 0.1) is 20.3 Å². The molecule has 0 saturated carbocycles. The monoisotopic (exact) mass is 530 g/mol. The predicted octanol–water partition coefficient (Wildman–Crippen LogP) is 2.00. The van der Waals surface area contributed by atoms with Crippen LogP contribution in [0.25, 0.3) is 0 Å². The molecule has 0 fully saturated rings. The number of methoxy groups -OCH3 is 2. The average Bonchev–Trinajstić information content (AvgIpc) is 3.14. The molecule has 3 rings (SSSR count). The Morgan fingerprint density at radius 2 is 2.13 bits per heavy atom. The number of aryl methyl sites for hydroxylation is 1. The van der Waals surface area contributed by atoms with Crippen LogP contribution < -0.4 is 20.1 Å². The fourth-order valence-electron chi connectivity index (χ4n) is 3.22. The molecular formula is C20H31IN6O3. The van der Waals surface area contributed by atoms with Gasteiger partial charge in [0.25, 0.3) is 0 Å². The summed E-state index contributed by atoms with van der Waals surface area (Å²) in [5, 5.41) is 11.3. The smallest absolute Gasteiger partial charge is 0.191 e. The summed E-state index contributed by atoms with van der Waals surface area (Å²) in [6.07, 6.45) is 2.74. The van der Waals surface area contributed by atoms with E-state index < -0.39 is 0 Å². The highest BCUT2D eigenvalue weighted by molar-refractivity contribution is 14.0. The number of nitrogens with one attached hydrogen (secondary N) is 2. The molecule has 2 aromatic rings. The van der Waals surface area contributed by atoms with Crippen LogP contribution in [0.4, 0.5) is 0 Å². The SMILES string of the molecule is CN=C(NCCCOc1cccc(OC)c1)NC1CCc2nc(COC)nn2C1.I. The number of guanidine groups is 1. The van der Waals surface area contributed by atoms with Crippen LogP contribution in [0.2, 0.25) is 0 Å². The first kappa shape index (κ1) is 24.2. The number of nitrogens with zero attached hydrogens (tertiary/aromatic N) is 4. The van der Waals surface area contributed by atoms with E-state index in [1.165, 1.54) is 0 Å². The first-order chi connectivity index (χ1) is 14.2. The fraction of sp³-hybridized carbons (Fsp3) is 0.550. The number of fused-ring (bicyclic) bond motifs is 1. The summed E-state index contributed by atoms with van der Waals surface area (Å²) >= 11 is 0. The molecule has 1 aliphatic rings. The van der Waals surface area contributed by atoms with E-state index in [9.17, 15) is 0 Å². The van der Waals surface area contributed by atoms with E-state index in [4.69, 9.17) is 14.2 Å². The number of benzene rings is 1. The lowest BCUT2D eigenvalue weighted by Crippen LogP contribution is -2.47. The Hall–Kier alpha value is -2.08. The lowest BCUT2D eigenvalue weighted by atomic mass is 10.1. The van der Waals surface area contributed by atoms with Crippen LogP contribution in [-0.2, 0) is 24.3 Å². The van der Waals surface area contributed by atoms with Gasteiger partial charge in [-0.2, -0.15) is 5.10 Å². The molecule has 1 aliphatic heterocycles. The standard InChI is InChI=1S/C20H30N6O3.HI/c1-21-20(22-10-5-11-29-17-7-4-6-16(12-17)28-3)23-15-8-9-19-24-18(14-27-2)25-26(19)13-15;/h4,6-7,12,15H,5,8-11,13-14H2,1-3H3,(H2,21,22,23);1H. The van der Waals surface area contributed by atoms with Gasteiger partial charge in [-0.1, -0.05) is 6.07 Å². The molecule has 10 heteroatoms. The molecule has 166 valence electrons. The third-order valence-electron chi connectivity index (χ3n) is 4.66. The van der Waals surface area contributed by atoms with Gasteiger partial charge in [-0.25, -0.2) is 9.67 Å². The molecule has 2 heterocycles. The van der Waals surface area contributed by atoms with Crippen LogP contribution in [0, 0.1) is 0 Å². The van der Waals surface area contributed by atoms with Gasteiger partial charge in [0.1, 0.15) is 23.9 Å². The minimum Gasteiger partial charge on any atom is -0.497 e. The Balaban J connectivity index is 0.00000320. The third kappa shape index (κ3) is 7.01. The van der Waals surface area contributed by atoms with Crippen molar-refractivity contribution in [3.8, 4) is 11.5 Å². The zero-order chi connectivity index (χ0) is 20.5. The predicted molar refractivity (Wildman–Crippen MR) is 126 cm³/mol. The number of hydrogen-bond donors (Lipinski definition) is 2. The minimum atomic E-state index is 0. The van der Waals surface area contributed by atoms with Gasteiger partial charge in [0.2, 0.25) is 0 Å². The first-order valence-electron chi connectivity index (χ1n) is 9.87. The van der Waals surface area contributed by atoms with Crippen LogP contribution >= 0.6 is 24.0 Å². The Morgan fingerprint density at radius 1 is 1.30 bits per heavy atom. The summed E-state index contributed by atoms with van der Waals surface area (Å²) < 4.78 is 18.1. The van der Waals surface area contributed by atoms with Crippen molar-refractivity contribution in [2.75, 3.05) is 34.4 Å². The van der Waals surface area contributed by atoms with Crippen molar-refractivity contribution in [2.24, 2.45) is 4.99 Å². The second-order valence-corrected chi connectivity index (χ2v) is 6.82. The van der Waals surface area contributed by atoms with Crippen LogP contribution in [0.1, 0.15) is 24.5 Å². The van der Waals surface area contributed by atoms with Crippen molar-refractivity contribution < 1.29 is 14.2 Å². The van der Waals surface area contributed by atoms with E-state index in [1.807, 2.05) is 28.9 Å². The van der Waals surface area contributed by atoms with Gasteiger partial charge < -0.3 is 24.8 Å². The van der Waals surface area contributed by atoms with E-state index in [1.54, 1.807) is 21.3 Å². The van der Waals surface area contributed by atoms with Crippen molar-refractivity contribution in [1.29, 1.82) is 0 Å². The molecule has 30 heavy (non-hydrogen) atoms. The third-order valence-corrected chi connectivity index (χ3v) is 4.66. The van der Waals surface area contributed by atoms with Crippen molar-refractivity contribution in [3.63, 3.8) is 0 Å². The molecule has 0 bridgehead atoms. The normalized spacial score (nSPS) is 15.7. The number of rotatable bonds is 9. The van der Waals surface area contributed by atoms with E-state index in [0.717, 1.165) is 61.5 Å². The topological polar surface area (TPSA) is 94.8 Å². The fourth-order valence-corrected chi connectivity index (χ4v) is 3.22. The van der Waals surface area contributed by atoms with Gasteiger partial charge in [0.15, 0.2) is 11.8 Å². The van der Waals surface area contributed by atoms with Crippen molar-refractivity contribution in [1.82, 2.24) is 25.4 Å². The number of aromatic nitrogens is 3. The molecule has 0 aliphatic carbocycles. The van der Waals surface area contributed by atoms with Crippen molar-refractivity contribution in [2.45, 2.75) is 38.5 Å². The molecule has 1 aromatic carbocycles. The quantitative estimate of drug-likeness (QED) is 0.222. The number of halogens is 1. The van der Waals surface area contributed by atoms with E-state index in [-0.39, 0.29) is 30.0 Å².